The molecule has 0 aromatic heterocycles. The molecule has 3 heterocycles. The summed E-state index contributed by atoms with van der Waals surface area (Å²) in [5.41, 5.74) is -0.385. The number of hydrogen-bond acceptors (Lipinski definition) is 5. The largest absolute Gasteiger partial charge is 0.394 e. The molecule has 0 radical (unpaired) electrons. The summed E-state index contributed by atoms with van der Waals surface area (Å²) in [5.74, 6) is -2.26. The summed E-state index contributed by atoms with van der Waals surface area (Å²) in [6, 6.07) is 7.77. The van der Waals surface area contributed by atoms with E-state index in [2.05, 4.69) is 17.6 Å². The van der Waals surface area contributed by atoms with Gasteiger partial charge in [0.1, 0.15) is 11.6 Å². The number of hydrogen-bond donors (Lipinski definition) is 3. The molecule has 3 amide bonds. The fourth-order valence-corrected chi connectivity index (χ4v) is 6.10. The van der Waals surface area contributed by atoms with E-state index in [4.69, 9.17) is 4.74 Å². The topological polar surface area (TPSA) is 108 Å². The molecule has 3 aliphatic rings. The summed E-state index contributed by atoms with van der Waals surface area (Å²) in [6.45, 7) is 6.22. The molecule has 3 fully saturated rings. The molecule has 0 saturated carbocycles. The van der Waals surface area contributed by atoms with Gasteiger partial charge in [-0.05, 0) is 37.3 Å². The molecule has 186 valence electrons. The number of anilines is 1. The normalized spacial score (nSPS) is 30.5. The van der Waals surface area contributed by atoms with Gasteiger partial charge in [0, 0.05) is 12.2 Å². The molecular formula is C26H37N3O5. The first-order valence-electron chi connectivity index (χ1n) is 12.6. The van der Waals surface area contributed by atoms with Crippen molar-refractivity contribution in [2.45, 2.75) is 76.7 Å². The fourth-order valence-electron chi connectivity index (χ4n) is 6.10. The van der Waals surface area contributed by atoms with Crippen LogP contribution in [0, 0.1) is 17.8 Å². The van der Waals surface area contributed by atoms with Crippen LogP contribution in [0.15, 0.2) is 30.3 Å². The van der Waals surface area contributed by atoms with Crippen LogP contribution in [0.4, 0.5) is 5.69 Å². The number of aliphatic hydroxyl groups excluding tert-OH is 1. The third kappa shape index (κ3) is 4.11. The van der Waals surface area contributed by atoms with Crippen molar-refractivity contribution in [2.24, 2.45) is 17.8 Å². The molecule has 2 unspecified atom stereocenters. The van der Waals surface area contributed by atoms with Crippen LogP contribution in [0.1, 0.15) is 52.9 Å². The number of nitrogens with one attached hydrogen (secondary N) is 2. The highest BCUT2D eigenvalue weighted by Gasteiger charge is 2.75. The Kier molecular flexibility index (Phi) is 7.28. The summed E-state index contributed by atoms with van der Waals surface area (Å²) < 4.78 is 6.43. The van der Waals surface area contributed by atoms with Crippen LogP contribution in [-0.4, -0.2) is 64.7 Å². The number of carbonyl (C=O) groups is 3. The number of likely N-dealkylation sites (tertiary alicyclic amines) is 1. The smallest absolute Gasteiger partial charge is 0.245 e. The van der Waals surface area contributed by atoms with Crippen molar-refractivity contribution in [1.29, 1.82) is 0 Å². The van der Waals surface area contributed by atoms with Gasteiger partial charge in [-0.25, -0.2) is 0 Å². The maximum Gasteiger partial charge on any atom is 0.245 e. The first-order valence-corrected chi connectivity index (χ1v) is 12.6. The van der Waals surface area contributed by atoms with Crippen LogP contribution < -0.4 is 10.6 Å². The standard InChI is InChI=1S/C26H37N3O5/c1-4-5-9-14-27-24(32)22-26-13-12-19(34-26)20(23(31)28-17-10-7-6-8-11-17)21(26)25(33)29(22)18(15-30)16(2)3/h6-8,10-11,16,18-22,30H,4-5,9,12-15H2,1-3H3,(H,27,32)(H,28,31)/t18-,19-,20+,21-,22?,26?/m0/s1. The number of fused-ring (bicyclic) bond motifs is 1. The second-order valence-electron chi connectivity index (χ2n) is 10.1. The van der Waals surface area contributed by atoms with Crippen molar-refractivity contribution in [3.63, 3.8) is 0 Å². The summed E-state index contributed by atoms with van der Waals surface area (Å²) in [6.07, 6.45) is 3.67. The highest BCUT2D eigenvalue weighted by molar-refractivity contribution is 6.02. The monoisotopic (exact) mass is 471 g/mol. The van der Waals surface area contributed by atoms with Crippen LogP contribution >= 0.6 is 0 Å². The van der Waals surface area contributed by atoms with Gasteiger partial charge in [0.25, 0.3) is 0 Å². The van der Waals surface area contributed by atoms with E-state index in [-0.39, 0.29) is 30.2 Å². The number of benzene rings is 1. The zero-order valence-corrected chi connectivity index (χ0v) is 20.3. The lowest BCUT2D eigenvalue weighted by Gasteiger charge is -2.38. The zero-order chi connectivity index (χ0) is 24.5. The fraction of sp³-hybridized carbons (Fsp3) is 0.654. The molecule has 1 spiro atoms. The van der Waals surface area contributed by atoms with E-state index >= 15 is 0 Å². The van der Waals surface area contributed by atoms with Crippen molar-refractivity contribution < 1.29 is 24.2 Å². The van der Waals surface area contributed by atoms with Gasteiger partial charge in [-0.15, -0.1) is 0 Å². The molecule has 1 aromatic rings. The summed E-state index contributed by atoms with van der Waals surface area (Å²) >= 11 is 0. The number of rotatable bonds is 10. The van der Waals surface area contributed by atoms with E-state index in [1.807, 2.05) is 32.0 Å². The van der Waals surface area contributed by atoms with E-state index in [0.29, 0.717) is 25.1 Å². The molecule has 4 rings (SSSR count). The maximum absolute atomic E-state index is 13.9. The predicted octanol–water partition coefficient (Wildman–Crippen LogP) is 2.32. The molecule has 6 atom stereocenters. The minimum atomic E-state index is -1.04. The second kappa shape index (κ2) is 10.0. The quantitative estimate of drug-likeness (QED) is 0.454. The third-order valence-corrected chi connectivity index (χ3v) is 7.72. The van der Waals surface area contributed by atoms with E-state index in [1.54, 1.807) is 12.1 Å². The van der Waals surface area contributed by atoms with Crippen LogP contribution in [0.5, 0.6) is 0 Å². The van der Waals surface area contributed by atoms with Crippen molar-refractivity contribution in [2.75, 3.05) is 18.5 Å². The highest BCUT2D eigenvalue weighted by atomic mass is 16.5. The minimum Gasteiger partial charge on any atom is -0.394 e. The number of aliphatic hydroxyl groups is 1. The predicted molar refractivity (Wildman–Crippen MR) is 128 cm³/mol. The lowest BCUT2D eigenvalue weighted by atomic mass is 9.70. The Balaban J connectivity index is 1.65. The molecule has 0 aliphatic carbocycles. The number of carbonyl (C=O) groups excluding carboxylic acids is 3. The molecule has 3 N–H and O–H groups in total. The number of para-hydroxylation sites is 1. The molecule has 3 saturated heterocycles. The molecule has 34 heavy (non-hydrogen) atoms. The molecule has 1 aromatic carbocycles. The van der Waals surface area contributed by atoms with Gasteiger partial charge in [0.05, 0.1) is 30.6 Å². The zero-order valence-electron chi connectivity index (χ0n) is 20.3. The van der Waals surface area contributed by atoms with E-state index in [9.17, 15) is 19.5 Å². The molecular weight excluding hydrogens is 434 g/mol. The van der Waals surface area contributed by atoms with Crippen molar-refractivity contribution in [1.82, 2.24) is 10.2 Å². The van der Waals surface area contributed by atoms with E-state index in [1.165, 1.54) is 4.90 Å². The van der Waals surface area contributed by atoms with Gasteiger partial charge in [-0.3, -0.25) is 14.4 Å². The lowest BCUT2D eigenvalue weighted by Crippen LogP contribution is -2.59. The summed E-state index contributed by atoms with van der Waals surface area (Å²) in [5, 5.41) is 16.1. The minimum absolute atomic E-state index is 0.0617. The number of unbranched alkanes of at least 4 members (excludes halogenated alkanes) is 2. The van der Waals surface area contributed by atoms with Crippen LogP contribution in [0.3, 0.4) is 0 Å². The summed E-state index contributed by atoms with van der Waals surface area (Å²) in [4.78, 5) is 42.4. The average Bonchev–Trinajstić information content (AvgIpc) is 3.45. The number of amides is 3. The summed E-state index contributed by atoms with van der Waals surface area (Å²) in [7, 11) is 0. The molecule has 2 bridgehead atoms. The lowest BCUT2D eigenvalue weighted by molar-refractivity contribution is -0.146. The molecule has 8 heteroatoms. The Morgan fingerprint density at radius 3 is 2.59 bits per heavy atom. The Labute approximate surface area is 201 Å². The van der Waals surface area contributed by atoms with Gasteiger partial charge < -0.3 is 25.4 Å². The number of nitrogens with zero attached hydrogens (tertiary/aromatic N) is 1. The highest BCUT2D eigenvalue weighted by Crippen LogP contribution is 2.59. The van der Waals surface area contributed by atoms with Gasteiger partial charge in [-0.2, -0.15) is 0 Å². The Morgan fingerprint density at radius 2 is 1.94 bits per heavy atom. The van der Waals surface area contributed by atoms with Crippen LogP contribution in [0.2, 0.25) is 0 Å². The van der Waals surface area contributed by atoms with Gasteiger partial charge in [-0.1, -0.05) is 51.8 Å². The van der Waals surface area contributed by atoms with Crippen molar-refractivity contribution >= 4 is 23.4 Å². The van der Waals surface area contributed by atoms with Gasteiger partial charge in [0.2, 0.25) is 17.7 Å². The van der Waals surface area contributed by atoms with Crippen LogP contribution in [0.25, 0.3) is 0 Å². The maximum atomic E-state index is 13.9. The Morgan fingerprint density at radius 1 is 1.21 bits per heavy atom. The molecule has 3 aliphatic heterocycles. The van der Waals surface area contributed by atoms with Crippen LogP contribution in [-0.2, 0) is 19.1 Å². The Hall–Kier alpha value is -2.45. The first kappa shape index (κ1) is 24.7. The van der Waals surface area contributed by atoms with E-state index in [0.717, 1.165) is 19.3 Å². The van der Waals surface area contributed by atoms with E-state index < -0.39 is 35.6 Å². The second-order valence-corrected chi connectivity index (χ2v) is 10.1. The Bertz CT molecular complexity index is 907. The third-order valence-electron chi connectivity index (χ3n) is 7.72. The van der Waals surface area contributed by atoms with Crippen molar-refractivity contribution in [3.05, 3.63) is 30.3 Å². The number of ether oxygens (including phenoxy) is 1. The van der Waals surface area contributed by atoms with Gasteiger partial charge in [0.15, 0.2) is 0 Å². The SMILES string of the molecule is CCCCCNC(=O)C1N([C@@H](CO)C(C)C)C(=O)[C@@H]2[C@H](C(=O)Nc3ccccc3)[C@@H]3CCC12O3. The van der Waals surface area contributed by atoms with Crippen molar-refractivity contribution in [3.8, 4) is 0 Å². The van der Waals surface area contributed by atoms with Gasteiger partial charge >= 0.3 is 0 Å². The average molecular weight is 472 g/mol. The molecule has 8 nitrogen and oxygen atoms in total. The first-order chi connectivity index (χ1) is 16.4.